The van der Waals surface area contributed by atoms with E-state index in [-0.39, 0.29) is 27.5 Å². The van der Waals surface area contributed by atoms with E-state index in [1.54, 1.807) is 60.7 Å². The zero-order valence-electron chi connectivity index (χ0n) is 21.7. The number of ether oxygens (including phenoxy) is 3. The average Bonchev–Trinajstić information content (AvgIpc) is 2.88. The number of hydrogen-bond donors (Lipinski definition) is 1. The number of esters is 3. The number of carbonyl (C=O) groups excluding carboxylic acids is 3. The van der Waals surface area contributed by atoms with E-state index in [1.165, 1.54) is 45.0 Å². The van der Waals surface area contributed by atoms with Crippen LogP contribution >= 0.6 is 0 Å². The molecule has 0 aliphatic carbocycles. The molecular formula is C30H24O9S. The third kappa shape index (κ3) is 6.79. The van der Waals surface area contributed by atoms with E-state index in [2.05, 4.69) is 0 Å². The second-order valence-electron chi connectivity index (χ2n) is 8.73. The van der Waals surface area contributed by atoms with Gasteiger partial charge in [0.25, 0.3) is 10.1 Å². The monoisotopic (exact) mass is 560 g/mol. The predicted octanol–water partition coefficient (Wildman–Crippen LogP) is 5.71. The van der Waals surface area contributed by atoms with Crippen molar-refractivity contribution in [3.63, 3.8) is 0 Å². The van der Waals surface area contributed by atoms with Crippen molar-refractivity contribution in [2.24, 2.45) is 0 Å². The molecule has 9 nitrogen and oxygen atoms in total. The van der Waals surface area contributed by atoms with Gasteiger partial charge in [-0.1, -0.05) is 36.4 Å². The molecule has 0 saturated heterocycles. The van der Waals surface area contributed by atoms with Gasteiger partial charge in [-0.3, -0.25) is 18.9 Å². The highest BCUT2D eigenvalue weighted by molar-refractivity contribution is 7.86. The van der Waals surface area contributed by atoms with Crippen LogP contribution in [0.5, 0.6) is 17.2 Å². The summed E-state index contributed by atoms with van der Waals surface area (Å²) >= 11 is 0. The highest BCUT2D eigenvalue weighted by Crippen LogP contribution is 2.41. The van der Waals surface area contributed by atoms with Crippen LogP contribution in [-0.2, 0) is 24.5 Å². The third-order valence-corrected chi connectivity index (χ3v) is 6.61. The van der Waals surface area contributed by atoms with Crippen LogP contribution in [0.4, 0.5) is 0 Å². The van der Waals surface area contributed by atoms with E-state index < -0.39 is 28.0 Å². The van der Waals surface area contributed by atoms with Crippen molar-refractivity contribution < 1.29 is 41.6 Å². The SMILES string of the molecule is CC(=O)Oc1ccc(-c2cc(-c3ccc(OC(C)=O)cc3)c(S(=O)(=O)O)c(-c3ccc(OC(C)=O)cc3)c2)cc1. The van der Waals surface area contributed by atoms with Crippen LogP contribution in [0, 0.1) is 0 Å². The minimum atomic E-state index is -4.77. The van der Waals surface area contributed by atoms with Crippen molar-refractivity contribution in [2.75, 3.05) is 0 Å². The fourth-order valence-electron chi connectivity index (χ4n) is 4.12. The summed E-state index contributed by atoms with van der Waals surface area (Å²) in [7, 11) is -4.77. The topological polar surface area (TPSA) is 133 Å². The van der Waals surface area contributed by atoms with Gasteiger partial charge in [0.15, 0.2) is 0 Å². The molecule has 4 aromatic carbocycles. The van der Waals surface area contributed by atoms with Crippen LogP contribution < -0.4 is 14.2 Å². The highest BCUT2D eigenvalue weighted by atomic mass is 32.2. The first kappa shape index (κ1) is 28.2. The summed E-state index contributed by atoms with van der Waals surface area (Å²) in [5.74, 6) is -0.612. The van der Waals surface area contributed by atoms with E-state index in [0.29, 0.717) is 28.0 Å². The van der Waals surface area contributed by atoms with Gasteiger partial charge < -0.3 is 14.2 Å². The molecule has 0 bridgehead atoms. The Bertz CT molecular complexity index is 1610. The van der Waals surface area contributed by atoms with Gasteiger partial charge in [0, 0.05) is 31.9 Å². The first-order chi connectivity index (χ1) is 18.9. The molecule has 4 rings (SSSR count). The zero-order chi connectivity index (χ0) is 29.0. The molecule has 0 fully saturated rings. The Hall–Kier alpha value is -4.80. The lowest BCUT2D eigenvalue weighted by Gasteiger charge is -2.17. The number of rotatable bonds is 7. The van der Waals surface area contributed by atoms with Crippen molar-refractivity contribution in [1.29, 1.82) is 0 Å². The van der Waals surface area contributed by atoms with Crippen LogP contribution in [0.15, 0.2) is 89.8 Å². The molecular weight excluding hydrogens is 536 g/mol. The molecule has 10 heteroatoms. The fourth-order valence-corrected chi connectivity index (χ4v) is 5.03. The van der Waals surface area contributed by atoms with E-state index in [1.807, 2.05) is 0 Å². The normalized spacial score (nSPS) is 11.0. The van der Waals surface area contributed by atoms with E-state index in [9.17, 15) is 27.4 Å². The average molecular weight is 561 g/mol. The molecule has 0 heterocycles. The number of carbonyl (C=O) groups is 3. The van der Waals surface area contributed by atoms with Gasteiger partial charge in [-0.25, -0.2) is 0 Å². The Labute approximate surface area is 230 Å². The van der Waals surface area contributed by atoms with Gasteiger partial charge in [-0.05, 0) is 70.8 Å². The van der Waals surface area contributed by atoms with Crippen LogP contribution in [0.25, 0.3) is 33.4 Å². The summed E-state index contributed by atoms with van der Waals surface area (Å²) in [6, 6.07) is 22.2. The maximum absolute atomic E-state index is 12.8. The van der Waals surface area contributed by atoms with Gasteiger partial charge in [-0.2, -0.15) is 8.42 Å². The van der Waals surface area contributed by atoms with E-state index in [4.69, 9.17) is 14.2 Å². The first-order valence-electron chi connectivity index (χ1n) is 11.9. The molecule has 4 aromatic rings. The molecule has 0 aliphatic rings. The minimum Gasteiger partial charge on any atom is -0.427 e. The van der Waals surface area contributed by atoms with Gasteiger partial charge in [0.1, 0.15) is 22.1 Å². The Balaban J connectivity index is 1.95. The second kappa shape index (κ2) is 11.5. The van der Waals surface area contributed by atoms with E-state index in [0.717, 1.165) is 0 Å². The smallest absolute Gasteiger partial charge is 0.308 e. The number of hydrogen-bond acceptors (Lipinski definition) is 8. The molecule has 204 valence electrons. The molecule has 0 spiro atoms. The molecule has 0 saturated carbocycles. The highest BCUT2D eigenvalue weighted by Gasteiger charge is 2.24. The molecule has 0 amide bonds. The van der Waals surface area contributed by atoms with Gasteiger partial charge in [-0.15, -0.1) is 0 Å². The lowest BCUT2D eigenvalue weighted by Crippen LogP contribution is -2.05. The Kier molecular flexibility index (Phi) is 8.13. The summed E-state index contributed by atoms with van der Waals surface area (Å²) in [6.45, 7) is 3.82. The van der Waals surface area contributed by atoms with Crippen LogP contribution in [0.2, 0.25) is 0 Å². The van der Waals surface area contributed by atoms with Gasteiger partial charge in [0.2, 0.25) is 0 Å². The largest absolute Gasteiger partial charge is 0.427 e. The quantitative estimate of drug-likeness (QED) is 0.171. The Morgan fingerprint density at radius 3 is 1.10 bits per heavy atom. The van der Waals surface area contributed by atoms with Crippen molar-refractivity contribution >= 4 is 28.0 Å². The molecule has 0 radical (unpaired) electrons. The van der Waals surface area contributed by atoms with Gasteiger partial charge >= 0.3 is 17.9 Å². The standard InChI is InChI=1S/C30H24O9S/c1-18(31)37-25-10-4-21(5-11-25)24-16-28(22-6-12-26(13-7-22)38-19(2)32)30(40(34,35)36)29(17-24)23-8-14-27(15-9-23)39-20(3)33/h4-17H,1-3H3,(H,34,35,36). The fraction of sp³-hybridized carbons (Fsp3) is 0.100. The maximum atomic E-state index is 12.8. The maximum Gasteiger partial charge on any atom is 0.308 e. The van der Waals surface area contributed by atoms with Crippen molar-refractivity contribution in [3.05, 3.63) is 84.9 Å². The summed E-state index contributed by atoms with van der Waals surface area (Å²) in [6.07, 6.45) is 0. The Morgan fingerprint density at radius 1 is 0.525 bits per heavy atom. The molecule has 1 N–H and O–H groups in total. The van der Waals surface area contributed by atoms with Gasteiger partial charge in [0.05, 0.1) is 0 Å². The molecule has 0 aliphatic heterocycles. The first-order valence-corrected chi connectivity index (χ1v) is 13.4. The summed E-state index contributed by atoms with van der Waals surface area (Å²) < 4.78 is 51.3. The lowest BCUT2D eigenvalue weighted by atomic mass is 9.93. The molecule has 0 atom stereocenters. The Morgan fingerprint density at radius 2 is 0.825 bits per heavy atom. The molecule has 40 heavy (non-hydrogen) atoms. The van der Waals surface area contributed by atoms with Crippen molar-refractivity contribution in [2.45, 2.75) is 25.7 Å². The molecule has 0 unspecified atom stereocenters. The van der Waals surface area contributed by atoms with Crippen molar-refractivity contribution in [1.82, 2.24) is 0 Å². The van der Waals surface area contributed by atoms with Crippen LogP contribution in [-0.4, -0.2) is 30.9 Å². The summed E-state index contributed by atoms with van der Waals surface area (Å²) in [5, 5.41) is 0. The zero-order valence-corrected chi connectivity index (χ0v) is 22.5. The van der Waals surface area contributed by atoms with E-state index >= 15 is 0 Å². The third-order valence-electron chi connectivity index (χ3n) is 5.65. The van der Waals surface area contributed by atoms with Crippen LogP contribution in [0.1, 0.15) is 20.8 Å². The summed E-state index contributed by atoms with van der Waals surface area (Å²) in [4.78, 5) is 33.6. The predicted molar refractivity (Wildman–Crippen MR) is 146 cm³/mol. The number of benzene rings is 4. The lowest BCUT2D eigenvalue weighted by molar-refractivity contribution is -0.132. The van der Waals surface area contributed by atoms with Crippen LogP contribution in [0.3, 0.4) is 0 Å². The second-order valence-corrected chi connectivity index (χ2v) is 10.1. The minimum absolute atomic E-state index is 0.192. The summed E-state index contributed by atoms with van der Waals surface area (Å²) in [5.41, 5.74) is 2.52. The molecule has 0 aromatic heterocycles. The van der Waals surface area contributed by atoms with Crippen molar-refractivity contribution in [3.8, 4) is 50.6 Å².